The molecule has 0 radical (unpaired) electrons. The van der Waals surface area contributed by atoms with Crippen molar-refractivity contribution in [2.45, 2.75) is 32.7 Å². The Bertz CT molecular complexity index is 421. The first-order valence-electron chi connectivity index (χ1n) is 5.98. The van der Waals surface area contributed by atoms with E-state index in [1.54, 1.807) is 0 Å². The summed E-state index contributed by atoms with van der Waals surface area (Å²) in [6, 6.07) is 9.73. The molecule has 1 N–H and O–H groups in total. The number of nitrogens with one attached hydrogen (secondary N) is 1. The van der Waals surface area contributed by atoms with Gasteiger partial charge in [-0.2, -0.15) is 0 Å². The normalized spacial score (nSPS) is 17.0. The van der Waals surface area contributed by atoms with E-state index >= 15 is 0 Å². The molecule has 0 saturated heterocycles. The standard InChI is InChI=1S/C14H17NO2/c1-11(16)14(8-5-9-14)13(17)15-10-12-6-3-2-4-7-12/h2-4,6-7H,5,8-10H2,1H3,(H,15,17). The number of amides is 1. The Kier molecular flexibility index (Phi) is 3.27. The van der Waals surface area contributed by atoms with Crippen LogP contribution in [0.4, 0.5) is 0 Å². The Morgan fingerprint density at radius 3 is 2.35 bits per heavy atom. The Labute approximate surface area is 101 Å². The summed E-state index contributed by atoms with van der Waals surface area (Å²) in [5, 5.41) is 2.86. The van der Waals surface area contributed by atoms with Crippen molar-refractivity contribution in [2.75, 3.05) is 0 Å². The molecule has 2 rings (SSSR count). The molecule has 0 atom stereocenters. The second-order valence-corrected chi connectivity index (χ2v) is 4.66. The Balaban J connectivity index is 1.96. The van der Waals surface area contributed by atoms with Gasteiger partial charge in [0.25, 0.3) is 0 Å². The van der Waals surface area contributed by atoms with Crippen LogP contribution in [-0.4, -0.2) is 11.7 Å². The third-order valence-corrected chi connectivity index (χ3v) is 3.61. The van der Waals surface area contributed by atoms with Crippen molar-refractivity contribution < 1.29 is 9.59 Å². The number of benzene rings is 1. The number of ketones is 1. The highest BCUT2D eigenvalue weighted by Crippen LogP contribution is 2.41. The zero-order chi connectivity index (χ0) is 12.3. The van der Waals surface area contributed by atoms with E-state index in [9.17, 15) is 9.59 Å². The van der Waals surface area contributed by atoms with E-state index in [-0.39, 0.29) is 11.7 Å². The second kappa shape index (κ2) is 4.70. The highest BCUT2D eigenvalue weighted by Gasteiger charge is 2.48. The molecule has 90 valence electrons. The number of carbonyl (C=O) groups excluding carboxylic acids is 2. The van der Waals surface area contributed by atoms with Crippen molar-refractivity contribution in [1.29, 1.82) is 0 Å². The summed E-state index contributed by atoms with van der Waals surface area (Å²) in [6.07, 6.45) is 2.37. The minimum absolute atomic E-state index is 0.00527. The number of carbonyl (C=O) groups is 2. The van der Waals surface area contributed by atoms with Crippen LogP contribution in [0.1, 0.15) is 31.7 Å². The van der Waals surface area contributed by atoms with Gasteiger partial charge in [-0.05, 0) is 25.3 Å². The van der Waals surface area contributed by atoms with Crippen LogP contribution in [0, 0.1) is 5.41 Å². The molecule has 0 bridgehead atoms. The summed E-state index contributed by atoms with van der Waals surface area (Å²) < 4.78 is 0. The maximum absolute atomic E-state index is 12.0. The summed E-state index contributed by atoms with van der Waals surface area (Å²) in [5.74, 6) is -0.116. The van der Waals surface area contributed by atoms with Gasteiger partial charge < -0.3 is 5.32 Å². The third-order valence-electron chi connectivity index (χ3n) is 3.61. The first kappa shape index (κ1) is 11.8. The number of hydrogen-bond acceptors (Lipinski definition) is 2. The molecule has 0 heterocycles. The van der Waals surface area contributed by atoms with Gasteiger partial charge >= 0.3 is 0 Å². The van der Waals surface area contributed by atoms with Gasteiger partial charge in [0.2, 0.25) is 5.91 Å². The maximum Gasteiger partial charge on any atom is 0.233 e. The molecule has 1 aliphatic carbocycles. The van der Waals surface area contributed by atoms with Gasteiger partial charge in [0.05, 0.1) is 0 Å². The minimum atomic E-state index is -0.727. The van der Waals surface area contributed by atoms with Gasteiger partial charge in [-0.25, -0.2) is 0 Å². The van der Waals surface area contributed by atoms with E-state index in [2.05, 4.69) is 5.32 Å². The molecular formula is C14H17NO2. The van der Waals surface area contributed by atoms with E-state index in [1.165, 1.54) is 6.92 Å². The first-order valence-corrected chi connectivity index (χ1v) is 5.98. The average molecular weight is 231 g/mol. The van der Waals surface area contributed by atoms with Crippen molar-refractivity contribution in [3.63, 3.8) is 0 Å². The summed E-state index contributed by atoms with van der Waals surface area (Å²) in [7, 11) is 0. The topological polar surface area (TPSA) is 46.2 Å². The molecule has 1 saturated carbocycles. The molecular weight excluding hydrogens is 214 g/mol. The molecule has 1 aromatic rings. The summed E-state index contributed by atoms with van der Waals surface area (Å²) in [6.45, 7) is 2.01. The van der Waals surface area contributed by atoms with Gasteiger partial charge in [0.15, 0.2) is 0 Å². The smallest absolute Gasteiger partial charge is 0.233 e. The van der Waals surface area contributed by atoms with Crippen LogP contribution in [-0.2, 0) is 16.1 Å². The average Bonchev–Trinajstić information content (AvgIpc) is 2.25. The highest BCUT2D eigenvalue weighted by molar-refractivity contribution is 6.05. The molecule has 0 spiro atoms. The molecule has 0 aromatic heterocycles. The van der Waals surface area contributed by atoms with Crippen LogP contribution in [0.3, 0.4) is 0 Å². The lowest BCUT2D eigenvalue weighted by molar-refractivity contribution is -0.147. The molecule has 0 aliphatic heterocycles. The second-order valence-electron chi connectivity index (χ2n) is 4.66. The van der Waals surface area contributed by atoms with Gasteiger partial charge in [-0.15, -0.1) is 0 Å². The highest BCUT2D eigenvalue weighted by atomic mass is 16.2. The fourth-order valence-electron chi connectivity index (χ4n) is 2.22. The van der Waals surface area contributed by atoms with Gasteiger partial charge in [0, 0.05) is 6.54 Å². The predicted octanol–water partition coefficient (Wildman–Crippen LogP) is 2.06. The van der Waals surface area contributed by atoms with Gasteiger partial charge in [-0.1, -0.05) is 36.8 Å². The lowest BCUT2D eigenvalue weighted by atomic mass is 9.65. The molecule has 3 nitrogen and oxygen atoms in total. The first-order chi connectivity index (χ1) is 8.15. The summed E-state index contributed by atoms with van der Waals surface area (Å²) in [5.41, 5.74) is 0.327. The Morgan fingerprint density at radius 1 is 1.24 bits per heavy atom. The van der Waals surface area contributed by atoms with Crippen molar-refractivity contribution in [1.82, 2.24) is 5.32 Å². The molecule has 1 amide bonds. The van der Waals surface area contributed by atoms with Crippen LogP contribution in [0.5, 0.6) is 0 Å². The molecule has 1 aliphatic rings. The van der Waals surface area contributed by atoms with Crippen LogP contribution < -0.4 is 5.32 Å². The van der Waals surface area contributed by atoms with Gasteiger partial charge in [0.1, 0.15) is 11.2 Å². The van der Waals surface area contributed by atoms with E-state index in [1.807, 2.05) is 30.3 Å². The van der Waals surface area contributed by atoms with Crippen molar-refractivity contribution in [3.8, 4) is 0 Å². The van der Waals surface area contributed by atoms with E-state index in [0.29, 0.717) is 19.4 Å². The fourth-order valence-corrected chi connectivity index (χ4v) is 2.22. The predicted molar refractivity (Wildman–Crippen MR) is 65.3 cm³/mol. The van der Waals surface area contributed by atoms with E-state index in [4.69, 9.17) is 0 Å². The van der Waals surface area contributed by atoms with E-state index in [0.717, 1.165) is 12.0 Å². The number of hydrogen-bond donors (Lipinski definition) is 1. The molecule has 17 heavy (non-hydrogen) atoms. The van der Waals surface area contributed by atoms with Crippen LogP contribution in [0.15, 0.2) is 30.3 Å². The lowest BCUT2D eigenvalue weighted by Gasteiger charge is -2.37. The van der Waals surface area contributed by atoms with Crippen LogP contribution in [0.25, 0.3) is 0 Å². The van der Waals surface area contributed by atoms with Crippen molar-refractivity contribution in [2.24, 2.45) is 5.41 Å². The molecule has 3 heteroatoms. The number of Topliss-reactive ketones (excluding diaryl/α,β-unsaturated/α-hetero) is 1. The summed E-state index contributed by atoms with van der Waals surface area (Å²) >= 11 is 0. The third kappa shape index (κ3) is 2.23. The van der Waals surface area contributed by atoms with Crippen LogP contribution in [0.2, 0.25) is 0 Å². The molecule has 1 aromatic carbocycles. The quantitative estimate of drug-likeness (QED) is 0.806. The zero-order valence-electron chi connectivity index (χ0n) is 10.0. The molecule has 1 fully saturated rings. The maximum atomic E-state index is 12.0. The van der Waals surface area contributed by atoms with Crippen molar-refractivity contribution >= 4 is 11.7 Å². The minimum Gasteiger partial charge on any atom is -0.351 e. The Hall–Kier alpha value is -1.64. The SMILES string of the molecule is CC(=O)C1(C(=O)NCc2ccccc2)CCC1. The van der Waals surface area contributed by atoms with E-state index < -0.39 is 5.41 Å². The van der Waals surface area contributed by atoms with Crippen LogP contribution >= 0.6 is 0 Å². The fraction of sp³-hybridized carbons (Fsp3) is 0.429. The number of rotatable bonds is 4. The largest absolute Gasteiger partial charge is 0.351 e. The Morgan fingerprint density at radius 2 is 1.88 bits per heavy atom. The zero-order valence-corrected chi connectivity index (χ0v) is 10.0. The lowest BCUT2D eigenvalue weighted by Crippen LogP contribution is -2.49. The van der Waals surface area contributed by atoms with Gasteiger partial charge in [-0.3, -0.25) is 9.59 Å². The summed E-state index contributed by atoms with van der Waals surface area (Å²) in [4.78, 5) is 23.6. The molecule has 0 unspecified atom stereocenters. The monoisotopic (exact) mass is 231 g/mol. The van der Waals surface area contributed by atoms with Crippen molar-refractivity contribution in [3.05, 3.63) is 35.9 Å².